The molecule has 0 spiro atoms. The van der Waals surface area contributed by atoms with E-state index in [-0.39, 0.29) is 51.0 Å². The van der Waals surface area contributed by atoms with E-state index in [1.165, 1.54) is 0 Å². The monoisotopic (exact) mass is 1240 g/mol. The summed E-state index contributed by atoms with van der Waals surface area (Å²) in [6.07, 6.45) is 2.84. The maximum Gasteiger partial charge on any atom is 0.225 e. The fraction of sp³-hybridized carbons (Fsp3) is 0.365. The van der Waals surface area contributed by atoms with Crippen LogP contribution in [-0.4, -0.2) is 112 Å². The second-order valence-corrected chi connectivity index (χ2v) is 24.2. The molecule has 2 aliphatic rings. The lowest BCUT2D eigenvalue weighted by Crippen LogP contribution is -2.68. The van der Waals surface area contributed by atoms with Crippen LogP contribution in [0.5, 0.6) is 0 Å². The van der Waals surface area contributed by atoms with Crippen LogP contribution in [0.1, 0.15) is 85.1 Å². The SMILES string of the molecule is NC[C@H]1O[C@H](O[C@H]2[C@H](OCCCCCCNC(=O)CCCC(=O)Nc3cccc(CN(Cc4ccccn4)Cc4ccccn4)n3)[C@@H](OCc3ccc4ccccc4c3)[C@H](N)C[C@@H]2N)[C@H](N)[C@@H](OCc2ccc3ccccc3c2)[C@@H]1OCc1ccc2ccccc2c1. The zero-order valence-corrected chi connectivity index (χ0v) is 52.1. The third-order valence-electron chi connectivity index (χ3n) is 17.2. The lowest BCUT2D eigenvalue weighted by atomic mass is 9.84. The van der Waals surface area contributed by atoms with E-state index in [2.05, 4.69) is 116 Å². The number of hydrogen-bond donors (Lipinski definition) is 6. The molecule has 9 aromatic rings. The van der Waals surface area contributed by atoms with Crippen LogP contribution >= 0.6 is 0 Å². The van der Waals surface area contributed by atoms with Crippen molar-refractivity contribution in [2.45, 2.75) is 152 Å². The van der Waals surface area contributed by atoms with E-state index in [0.29, 0.717) is 51.4 Å². The van der Waals surface area contributed by atoms with Gasteiger partial charge in [0.15, 0.2) is 6.29 Å². The Labute approximate surface area is 538 Å². The molecule has 11 rings (SSSR count). The number of unbranched alkanes of at least 4 members (excludes halogenated alkanes) is 3. The zero-order chi connectivity index (χ0) is 63.4. The van der Waals surface area contributed by atoms with Crippen LogP contribution in [-0.2, 0) is 77.5 Å². The number of carbonyl (C=O) groups is 2. The number of nitrogens with one attached hydrogen (secondary N) is 2. The number of amides is 2. The smallest absolute Gasteiger partial charge is 0.225 e. The van der Waals surface area contributed by atoms with Gasteiger partial charge < -0.3 is 62.0 Å². The van der Waals surface area contributed by atoms with Gasteiger partial charge in [-0.3, -0.25) is 24.5 Å². The molecule has 18 nitrogen and oxygen atoms in total. The molecule has 10 atom stereocenters. The Morgan fingerprint density at radius 2 is 1.01 bits per heavy atom. The average Bonchev–Trinajstić information content (AvgIpc) is 1.11. The van der Waals surface area contributed by atoms with Crippen molar-refractivity contribution in [1.29, 1.82) is 0 Å². The molecule has 0 bridgehead atoms. The van der Waals surface area contributed by atoms with Crippen LogP contribution in [0.2, 0.25) is 0 Å². The molecular formula is C74H86N10O8. The van der Waals surface area contributed by atoms with E-state index in [9.17, 15) is 9.59 Å². The third kappa shape index (κ3) is 18.2. The minimum Gasteiger partial charge on any atom is -0.373 e. The lowest BCUT2D eigenvalue weighted by molar-refractivity contribution is -0.304. The van der Waals surface area contributed by atoms with E-state index in [4.69, 9.17) is 56.3 Å². The van der Waals surface area contributed by atoms with Gasteiger partial charge in [-0.2, -0.15) is 0 Å². The number of nitrogens with two attached hydrogens (primary N) is 4. The van der Waals surface area contributed by atoms with Crippen molar-refractivity contribution in [3.05, 3.63) is 228 Å². The number of fused-ring (bicyclic) bond motifs is 3. The summed E-state index contributed by atoms with van der Waals surface area (Å²) in [6, 6.07) is 59.0. The highest BCUT2D eigenvalue weighted by atomic mass is 16.7. The number of hydrogen-bond acceptors (Lipinski definition) is 16. The molecule has 92 heavy (non-hydrogen) atoms. The summed E-state index contributed by atoms with van der Waals surface area (Å²) >= 11 is 0. The molecule has 6 aromatic carbocycles. The van der Waals surface area contributed by atoms with Crippen LogP contribution < -0.4 is 33.6 Å². The van der Waals surface area contributed by atoms with Gasteiger partial charge >= 0.3 is 0 Å². The highest BCUT2D eigenvalue weighted by Crippen LogP contribution is 2.34. The zero-order valence-electron chi connectivity index (χ0n) is 52.1. The van der Waals surface area contributed by atoms with Gasteiger partial charge in [0.2, 0.25) is 11.8 Å². The second kappa shape index (κ2) is 33.1. The largest absolute Gasteiger partial charge is 0.373 e. The summed E-state index contributed by atoms with van der Waals surface area (Å²) in [6.45, 7) is 3.54. The molecule has 18 heteroatoms. The molecule has 2 amide bonds. The summed E-state index contributed by atoms with van der Waals surface area (Å²) in [7, 11) is 0. The molecule has 1 aliphatic carbocycles. The van der Waals surface area contributed by atoms with Gasteiger partial charge in [0.1, 0.15) is 42.4 Å². The summed E-state index contributed by atoms with van der Waals surface area (Å²) in [4.78, 5) is 42.0. The predicted octanol–water partition coefficient (Wildman–Crippen LogP) is 9.91. The normalized spacial score (nSPS) is 21.6. The van der Waals surface area contributed by atoms with E-state index < -0.39 is 61.0 Å². The maximum atomic E-state index is 13.1. The van der Waals surface area contributed by atoms with Gasteiger partial charge in [0.05, 0.1) is 42.9 Å². The first kappa shape index (κ1) is 65.5. The van der Waals surface area contributed by atoms with Crippen molar-refractivity contribution in [3.63, 3.8) is 0 Å². The Bertz CT molecular complexity index is 3750. The number of ether oxygens (including phenoxy) is 6. The molecule has 3 aromatic heterocycles. The van der Waals surface area contributed by atoms with Crippen molar-refractivity contribution in [3.8, 4) is 0 Å². The quantitative estimate of drug-likeness (QED) is 0.0221. The molecule has 0 unspecified atom stereocenters. The molecule has 1 aliphatic heterocycles. The first-order valence-corrected chi connectivity index (χ1v) is 32.3. The Kier molecular flexibility index (Phi) is 23.5. The fourth-order valence-corrected chi connectivity index (χ4v) is 12.4. The molecule has 1 saturated heterocycles. The lowest BCUT2D eigenvalue weighted by Gasteiger charge is -2.49. The van der Waals surface area contributed by atoms with Crippen LogP contribution in [0, 0.1) is 0 Å². The molecule has 10 N–H and O–H groups in total. The number of carbonyl (C=O) groups excluding carboxylic acids is 2. The standard InChI is InChI=1S/C74H86N10O8/c75-43-64-71(89-48-51-30-33-54-18-4-7-21-57(54)40-51)72(90-49-52-31-34-55-19-5-8-22-58(55)41-52)68(78)74(91-64)92-70-63(77)42-62(76)69(88-47-50-29-32-53-17-3-6-20-56(53)39-50)73(70)87-38-14-2-1-11-37-81-66(85)27-16-28-67(86)83-65-26-15-25-61(82-65)46-84(44-59-23-9-12-35-79-59)45-60-24-10-13-36-80-60/h3-10,12-13,15,17-26,29-36,39-41,62-64,68-74H,1-2,11,14,16,27-28,37-38,42-49,75-78H2,(H,81,85)(H,82,83,86)/t62-,63+,64-,68-,69+,70-,71-,72-,73-,74-/m1/s1. The van der Waals surface area contributed by atoms with E-state index >= 15 is 0 Å². The van der Waals surface area contributed by atoms with Gasteiger partial charge in [-0.1, -0.05) is 140 Å². The van der Waals surface area contributed by atoms with E-state index in [0.717, 1.165) is 91.8 Å². The van der Waals surface area contributed by atoms with Crippen molar-refractivity contribution in [1.82, 2.24) is 25.2 Å². The number of rotatable bonds is 31. The van der Waals surface area contributed by atoms with Crippen LogP contribution in [0.4, 0.5) is 5.82 Å². The molecule has 1 saturated carbocycles. The van der Waals surface area contributed by atoms with Crippen molar-refractivity contribution in [2.24, 2.45) is 22.9 Å². The highest BCUT2D eigenvalue weighted by Gasteiger charge is 2.51. The van der Waals surface area contributed by atoms with Crippen molar-refractivity contribution < 1.29 is 38.0 Å². The molecule has 0 radical (unpaired) electrons. The summed E-state index contributed by atoms with van der Waals surface area (Å²) in [5, 5.41) is 12.7. The highest BCUT2D eigenvalue weighted by molar-refractivity contribution is 5.90. The summed E-state index contributed by atoms with van der Waals surface area (Å²) < 4.78 is 41.1. The van der Waals surface area contributed by atoms with Crippen molar-refractivity contribution >= 4 is 49.9 Å². The van der Waals surface area contributed by atoms with Crippen LogP contribution in [0.25, 0.3) is 32.3 Å². The Balaban J connectivity index is 0.684. The van der Waals surface area contributed by atoms with Gasteiger partial charge in [-0.15, -0.1) is 0 Å². The van der Waals surface area contributed by atoms with E-state index in [1.807, 2.05) is 84.9 Å². The van der Waals surface area contributed by atoms with Crippen LogP contribution in [0.3, 0.4) is 0 Å². The number of benzene rings is 6. The molecule has 2 fully saturated rings. The molecular weight excluding hydrogens is 1160 g/mol. The van der Waals surface area contributed by atoms with Gasteiger partial charge in [0, 0.05) is 76.6 Å². The fourth-order valence-electron chi connectivity index (χ4n) is 12.4. The van der Waals surface area contributed by atoms with Gasteiger partial charge in [0.25, 0.3) is 0 Å². The number of aromatic nitrogens is 3. The maximum absolute atomic E-state index is 13.1. The summed E-state index contributed by atoms with van der Waals surface area (Å²) in [5.41, 5.74) is 33.6. The minimum absolute atomic E-state index is 0.0979. The number of pyridine rings is 3. The van der Waals surface area contributed by atoms with Crippen molar-refractivity contribution in [2.75, 3.05) is 25.0 Å². The minimum atomic E-state index is -1.02. The average molecular weight is 1240 g/mol. The Morgan fingerprint density at radius 3 is 1.59 bits per heavy atom. The first-order chi connectivity index (χ1) is 45.1. The molecule has 4 heterocycles. The topological polar surface area (TPSA) is 260 Å². The van der Waals surface area contributed by atoms with Gasteiger partial charge in [-0.05, 0) is 129 Å². The second-order valence-electron chi connectivity index (χ2n) is 24.2. The van der Waals surface area contributed by atoms with Crippen LogP contribution in [0.15, 0.2) is 194 Å². The number of anilines is 1. The van der Waals surface area contributed by atoms with E-state index in [1.54, 1.807) is 18.5 Å². The predicted molar refractivity (Wildman–Crippen MR) is 358 cm³/mol. The number of nitrogens with zero attached hydrogens (tertiary/aromatic N) is 4. The molecule has 480 valence electrons. The Hall–Kier alpha value is -7.95. The van der Waals surface area contributed by atoms with Gasteiger partial charge in [-0.25, -0.2) is 4.98 Å². The Morgan fingerprint density at radius 1 is 0.500 bits per heavy atom. The third-order valence-corrected chi connectivity index (χ3v) is 17.2. The summed E-state index contributed by atoms with van der Waals surface area (Å²) in [5.74, 6) is 0.162. The first-order valence-electron chi connectivity index (χ1n) is 32.3.